The monoisotopic (exact) mass is 318 g/mol. The molecule has 5 heteroatoms. The number of benzene rings is 1. The highest BCUT2D eigenvalue weighted by Crippen LogP contribution is 2.22. The first-order valence-electron chi connectivity index (χ1n) is 8.12. The Morgan fingerprint density at radius 1 is 1.04 bits per heavy atom. The number of nitrogens with zero attached hydrogens (tertiary/aromatic N) is 2. The molecule has 23 heavy (non-hydrogen) atoms. The summed E-state index contributed by atoms with van der Waals surface area (Å²) < 4.78 is 0. The zero-order chi connectivity index (χ0) is 17.0. The van der Waals surface area contributed by atoms with Crippen LogP contribution >= 0.6 is 0 Å². The van der Waals surface area contributed by atoms with Gasteiger partial charge >= 0.3 is 0 Å². The molecule has 5 nitrogen and oxygen atoms in total. The van der Waals surface area contributed by atoms with Crippen molar-refractivity contribution in [2.24, 2.45) is 5.41 Å². The summed E-state index contributed by atoms with van der Waals surface area (Å²) in [5.41, 5.74) is 1.11. The fourth-order valence-corrected chi connectivity index (χ4v) is 2.92. The Hall–Kier alpha value is -1.72. The smallest absolute Gasteiger partial charge is 0.261 e. The molecule has 0 saturated heterocycles. The molecule has 1 N–H and O–H groups in total. The van der Waals surface area contributed by atoms with Crippen molar-refractivity contribution in [2.45, 2.75) is 27.2 Å². The highest BCUT2D eigenvalue weighted by molar-refractivity contribution is 6.21. The first kappa shape index (κ1) is 17.6. The Bertz CT molecular complexity index is 543. The van der Waals surface area contributed by atoms with Gasteiger partial charge in [-0.05, 0) is 24.0 Å². The molecule has 0 bridgehead atoms. The van der Waals surface area contributed by atoms with Crippen LogP contribution in [0.2, 0.25) is 0 Å². The van der Waals surface area contributed by atoms with E-state index >= 15 is 0 Å². The number of hydrogen-bond acceptors (Lipinski definition) is 4. The molecule has 1 aromatic carbocycles. The summed E-state index contributed by atoms with van der Waals surface area (Å²) in [6.45, 7) is 9.24. The minimum Gasteiger partial charge on any atom is -0.396 e. The van der Waals surface area contributed by atoms with Crippen LogP contribution in [0, 0.1) is 5.41 Å². The molecule has 0 spiro atoms. The van der Waals surface area contributed by atoms with E-state index in [2.05, 4.69) is 25.7 Å². The Morgan fingerprint density at radius 3 is 2.09 bits per heavy atom. The van der Waals surface area contributed by atoms with Crippen LogP contribution in [0.4, 0.5) is 0 Å². The molecule has 0 radical (unpaired) electrons. The van der Waals surface area contributed by atoms with Gasteiger partial charge in [-0.1, -0.05) is 32.9 Å². The minimum atomic E-state index is -0.205. The lowest BCUT2D eigenvalue weighted by atomic mass is 9.96. The van der Waals surface area contributed by atoms with Crippen molar-refractivity contribution in [3.8, 4) is 0 Å². The summed E-state index contributed by atoms with van der Waals surface area (Å²) in [7, 11) is 0. The number of aliphatic hydroxyl groups is 1. The molecule has 1 aromatic rings. The van der Waals surface area contributed by atoms with Gasteiger partial charge in [0.2, 0.25) is 0 Å². The lowest BCUT2D eigenvalue weighted by Gasteiger charge is -2.30. The van der Waals surface area contributed by atoms with Gasteiger partial charge in [-0.25, -0.2) is 0 Å². The SMILES string of the molecule is CC(C)(C)CN(CCCO)CCN1C(=O)c2ccccc2C1=O. The van der Waals surface area contributed by atoms with Gasteiger partial charge in [-0.15, -0.1) is 0 Å². The van der Waals surface area contributed by atoms with Gasteiger partial charge in [0.05, 0.1) is 11.1 Å². The summed E-state index contributed by atoms with van der Waals surface area (Å²) in [5.74, 6) is -0.410. The van der Waals surface area contributed by atoms with Gasteiger partial charge < -0.3 is 10.0 Å². The van der Waals surface area contributed by atoms with Crippen LogP contribution in [0.25, 0.3) is 0 Å². The standard InChI is InChI=1S/C18H26N2O3/c1-18(2,3)13-19(9-6-12-21)10-11-20-16(22)14-7-4-5-8-15(14)17(20)23/h4-5,7-8,21H,6,9-13H2,1-3H3. The molecule has 126 valence electrons. The number of hydrogen-bond donors (Lipinski definition) is 1. The van der Waals surface area contributed by atoms with Crippen molar-refractivity contribution < 1.29 is 14.7 Å². The van der Waals surface area contributed by atoms with Gasteiger partial charge in [0.15, 0.2) is 0 Å². The van der Waals surface area contributed by atoms with Crippen molar-refractivity contribution in [3.63, 3.8) is 0 Å². The molecule has 1 aliphatic rings. The van der Waals surface area contributed by atoms with Crippen molar-refractivity contribution in [1.82, 2.24) is 9.80 Å². The first-order chi connectivity index (χ1) is 10.8. The van der Waals surface area contributed by atoms with Crippen molar-refractivity contribution in [2.75, 3.05) is 32.8 Å². The Balaban J connectivity index is 2.01. The van der Waals surface area contributed by atoms with E-state index in [4.69, 9.17) is 5.11 Å². The van der Waals surface area contributed by atoms with E-state index in [9.17, 15) is 9.59 Å². The third-order valence-electron chi connectivity index (χ3n) is 3.85. The number of fused-ring (bicyclic) bond motifs is 1. The van der Waals surface area contributed by atoms with Crippen LogP contribution in [-0.4, -0.2) is 59.5 Å². The second kappa shape index (κ2) is 7.23. The van der Waals surface area contributed by atoms with Crippen LogP contribution in [0.3, 0.4) is 0 Å². The second-order valence-electron chi connectivity index (χ2n) is 7.22. The van der Waals surface area contributed by atoms with Crippen LogP contribution in [0.1, 0.15) is 47.9 Å². The lowest BCUT2D eigenvalue weighted by Crippen LogP contribution is -2.41. The van der Waals surface area contributed by atoms with Crippen molar-refractivity contribution >= 4 is 11.8 Å². The first-order valence-corrected chi connectivity index (χ1v) is 8.12. The molecule has 0 aromatic heterocycles. The highest BCUT2D eigenvalue weighted by Gasteiger charge is 2.35. The second-order valence-corrected chi connectivity index (χ2v) is 7.22. The molecule has 2 rings (SSSR count). The molecule has 0 fully saturated rings. The van der Waals surface area contributed by atoms with Gasteiger partial charge in [0, 0.05) is 32.8 Å². The Morgan fingerprint density at radius 2 is 1.61 bits per heavy atom. The molecule has 2 amide bonds. The largest absolute Gasteiger partial charge is 0.396 e. The third kappa shape index (κ3) is 4.39. The van der Waals surface area contributed by atoms with Crippen LogP contribution in [0.15, 0.2) is 24.3 Å². The van der Waals surface area contributed by atoms with Gasteiger partial charge in [0.25, 0.3) is 11.8 Å². The summed E-state index contributed by atoms with van der Waals surface area (Å²) in [4.78, 5) is 28.3. The Kier molecular flexibility index (Phi) is 5.55. The molecule has 0 saturated carbocycles. The average molecular weight is 318 g/mol. The van der Waals surface area contributed by atoms with Gasteiger partial charge in [-0.2, -0.15) is 0 Å². The zero-order valence-corrected chi connectivity index (χ0v) is 14.2. The predicted octanol–water partition coefficient (Wildman–Crippen LogP) is 2.01. The normalized spacial score (nSPS) is 14.7. The maximum absolute atomic E-state index is 12.4. The molecule has 0 atom stereocenters. The number of imide groups is 1. The molecular formula is C18H26N2O3. The zero-order valence-electron chi connectivity index (χ0n) is 14.2. The van der Waals surface area contributed by atoms with Crippen molar-refractivity contribution in [3.05, 3.63) is 35.4 Å². The van der Waals surface area contributed by atoms with Crippen LogP contribution in [-0.2, 0) is 0 Å². The fraction of sp³-hybridized carbons (Fsp3) is 0.556. The van der Waals surface area contributed by atoms with E-state index in [0.717, 1.165) is 13.1 Å². The highest BCUT2D eigenvalue weighted by atomic mass is 16.3. The molecular weight excluding hydrogens is 292 g/mol. The van der Waals surface area contributed by atoms with E-state index in [1.807, 2.05) is 0 Å². The quantitative estimate of drug-likeness (QED) is 0.781. The van der Waals surface area contributed by atoms with E-state index < -0.39 is 0 Å². The molecule has 1 heterocycles. The van der Waals surface area contributed by atoms with E-state index in [-0.39, 0.29) is 23.8 Å². The molecule has 0 unspecified atom stereocenters. The lowest BCUT2D eigenvalue weighted by molar-refractivity contribution is 0.0625. The summed E-state index contributed by atoms with van der Waals surface area (Å²) in [6, 6.07) is 6.96. The number of aliphatic hydroxyl groups excluding tert-OH is 1. The number of rotatable bonds is 7. The predicted molar refractivity (Wildman–Crippen MR) is 89.4 cm³/mol. The van der Waals surface area contributed by atoms with Gasteiger partial charge in [0.1, 0.15) is 0 Å². The topological polar surface area (TPSA) is 60.9 Å². The van der Waals surface area contributed by atoms with Crippen molar-refractivity contribution in [1.29, 1.82) is 0 Å². The van der Waals surface area contributed by atoms with E-state index in [0.29, 0.717) is 30.6 Å². The Labute approximate surface area is 137 Å². The summed E-state index contributed by atoms with van der Waals surface area (Å²) >= 11 is 0. The van der Waals surface area contributed by atoms with Gasteiger partial charge in [-0.3, -0.25) is 14.5 Å². The van der Waals surface area contributed by atoms with Crippen LogP contribution < -0.4 is 0 Å². The minimum absolute atomic E-state index is 0.122. The fourth-order valence-electron chi connectivity index (χ4n) is 2.92. The maximum atomic E-state index is 12.4. The number of carbonyl (C=O) groups excluding carboxylic acids is 2. The van der Waals surface area contributed by atoms with Crippen LogP contribution in [0.5, 0.6) is 0 Å². The van der Waals surface area contributed by atoms with E-state index in [1.165, 1.54) is 4.90 Å². The number of amides is 2. The third-order valence-corrected chi connectivity index (χ3v) is 3.85. The van der Waals surface area contributed by atoms with E-state index in [1.54, 1.807) is 24.3 Å². The molecule has 1 aliphatic heterocycles. The number of carbonyl (C=O) groups is 2. The molecule has 0 aliphatic carbocycles. The average Bonchev–Trinajstić information content (AvgIpc) is 2.73. The summed E-state index contributed by atoms with van der Waals surface area (Å²) in [5, 5.41) is 9.05. The maximum Gasteiger partial charge on any atom is 0.261 e. The summed E-state index contributed by atoms with van der Waals surface area (Å²) in [6.07, 6.45) is 0.693.